The number of hydrogen-bond donors (Lipinski definition) is 7. The van der Waals surface area contributed by atoms with Crippen molar-refractivity contribution in [2.24, 2.45) is 5.73 Å². The Morgan fingerprint density at radius 3 is 2.42 bits per heavy atom. The van der Waals surface area contributed by atoms with Crippen molar-refractivity contribution in [1.29, 1.82) is 0 Å². The molecule has 0 aromatic heterocycles. The van der Waals surface area contributed by atoms with Crippen molar-refractivity contribution in [3.8, 4) is 0 Å². The first-order valence-corrected chi connectivity index (χ1v) is 5.35. The average molecular weight is 285 g/mol. The monoisotopic (exact) mass is 285 g/mol. The van der Waals surface area contributed by atoms with Crippen LogP contribution in [0.25, 0.3) is 0 Å². The Labute approximate surface area is 106 Å². The molecule has 112 valence electrons. The van der Waals surface area contributed by atoms with Crippen molar-refractivity contribution in [2.75, 3.05) is 6.61 Å². The lowest BCUT2D eigenvalue weighted by atomic mass is 9.88. The molecule has 0 aromatic carbocycles. The minimum absolute atomic E-state index is 0.908. The molecule has 0 spiro atoms. The van der Waals surface area contributed by atoms with Gasteiger partial charge in [0.05, 0.1) is 12.6 Å². The van der Waals surface area contributed by atoms with E-state index in [2.05, 4.69) is 4.74 Å². The van der Waals surface area contributed by atoms with Gasteiger partial charge in [-0.3, -0.25) is 0 Å². The smallest absolute Gasteiger partial charge is 0.367 e. The molecule has 1 rings (SSSR count). The first-order valence-electron chi connectivity index (χ1n) is 5.35. The zero-order valence-electron chi connectivity index (χ0n) is 9.63. The third-order valence-electron chi connectivity index (χ3n) is 2.99. The molecule has 0 saturated carbocycles. The fourth-order valence-electron chi connectivity index (χ4n) is 1.76. The van der Waals surface area contributed by atoms with E-state index in [4.69, 9.17) is 15.9 Å². The summed E-state index contributed by atoms with van der Waals surface area (Å²) in [6.45, 7) is -0.908. The minimum atomic E-state index is -3.41. The van der Waals surface area contributed by atoms with Gasteiger partial charge in [0.2, 0.25) is 0 Å². The van der Waals surface area contributed by atoms with E-state index >= 15 is 0 Å². The summed E-state index contributed by atoms with van der Waals surface area (Å²) < 4.78 is 18.1. The van der Waals surface area contributed by atoms with Crippen molar-refractivity contribution >= 4 is 5.97 Å². The van der Waals surface area contributed by atoms with E-state index in [1.165, 1.54) is 0 Å². The molecule has 0 amide bonds. The number of rotatable bonds is 4. The summed E-state index contributed by atoms with van der Waals surface area (Å²) in [5.74, 6) is -5.53. The number of nitrogens with two attached hydrogens (primary N) is 1. The summed E-state index contributed by atoms with van der Waals surface area (Å²) in [6, 6.07) is -1.61. The normalized spacial score (nSPS) is 42.7. The topological polar surface area (TPSA) is 174 Å². The highest BCUT2D eigenvalue weighted by Crippen LogP contribution is 2.31. The van der Waals surface area contributed by atoms with E-state index in [1.54, 1.807) is 0 Å². The molecule has 7 atom stereocenters. The number of aliphatic hydroxyl groups excluding tert-OH is 4. The van der Waals surface area contributed by atoms with Gasteiger partial charge in [0.15, 0.2) is 6.17 Å². The van der Waals surface area contributed by atoms with Gasteiger partial charge < -0.3 is 41.1 Å². The highest BCUT2D eigenvalue weighted by Gasteiger charge is 2.60. The van der Waals surface area contributed by atoms with Gasteiger partial charge in [-0.05, 0) is 0 Å². The Bertz CT molecular complexity index is 340. The molecule has 1 aliphatic rings. The summed E-state index contributed by atoms with van der Waals surface area (Å²) in [7, 11) is 0. The van der Waals surface area contributed by atoms with Gasteiger partial charge in [0.1, 0.15) is 24.4 Å². The number of aliphatic hydroxyl groups is 5. The van der Waals surface area contributed by atoms with Crippen LogP contribution in [0.15, 0.2) is 0 Å². The van der Waals surface area contributed by atoms with E-state index in [0.29, 0.717) is 0 Å². The molecule has 8 N–H and O–H groups in total. The number of carbonyl (C=O) groups is 1. The van der Waals surface area contributed by atoms with Crippen LogP contribution in [0.4, 0.5) is 4.39 Å². The molecule has 0 radical (unpaired) electrons. The summed E-state index contributed by atoms with van der Waals surface area (Å²) in [6.07, 6.45) is -10.4. The van der Waals surface area contributed by atoms with E-state index in [1.807, 2.05) is 0 Å². The summed E-state index contributed by atoms with van der Waals surface area (Å²) >= 11 is 0. The first kappa shape index (κ1) is 16.2. The Morgan fingerprint density at radius 1 is 1.47 bits per heavy atom. The fraction of sp³-hybridized carbons (Fsp3) is 0.889. The van der Waals surface area contributed by atoms with Crippen LogP contribution >= 0.6 is 0 Å². The van der Waals surface area contributed by atoms with Crippen molar-refractivity contribution in [2.45, 2.75) is 42.4 Å². The van der Waals surface area contributed by atoms with Crippen LogP contribution in [0.1, 0.15) is 0 Å². The molecule has 19 heavy (non-hydrogen) atoms. The van der Waals surface area contributed by atoms with Crippen molar-refractivity contribution in [3.05, 3.63) is 0 Å². The third kappa shape index (κ3) is 2.69. The number of carboxylic acids is 1. The molecule has 0 aromatic rings. The Kier molecular flexibility index (Phi) is 4.79. The summed E-state index contributed by atoms with van der Waals surface area (Å²) in [5.41, 5.74) is 5.36. The Morgan fingerprint density at radius 2 is 2.00 bits per heavy atom. The second-order valence-corrected chi connectivity index (χ2v) is 4.29. The van der Waals surface area contributed by atoms with Crippen LogP contribution in [0.3, 0.4) is 0 Å². The van der Waals surface area contributed by atoms with Gasteiger partial charge in [-0.1, -0.05) is 0 Å². The van der Waals surface area contributed by atoms with Crippen molar-refractivity contribution < 1.29 is 44.6 Å². The molecular formula is C9H16FNO8. The minimum Gasteiger partial charge on any atom is -0.477 e. The molecule has 0 bridgehead atoms. The van der Waals surface area contributed by atoms with E-state index in [-0.39, 0.29) is 0 Å². The summed E-state index contributed by atoms with van der Waals surface area (Å²) in [5, 5.41) is 55.1. The largest absolute Gasteiger partial charge is 0.477 e. The second kappa shape index (κ2) is 5.63. The SMILES string of the molecule is N[C@H]1[C@H]([C@H](O)[C@H](O)CO)O[C@@](O)(C(=O)O)C(F)[C@@H]1O. The zero-order valence-corrected chi connectivity index (χ0v) is 9.63. The molecule has 1 saturated heterocycles. The van der Waals surface area contributed by atoms with Gasteiger partial charge in [0.25, 0.3) is 0 Å². The number of alkyl halides is 1. The van der Waals surface area contributed by atoms with Crippen molar-refractivity contribution in [3.63, 3.8) is 0 Å². The van der Waals surface area contributed by atoms with Crippen LogP contribution in [0.5, 0.6) is 0 Å². The molecule has 1 aliphatic heterocycles. The lowest BCUT2D eigenvalue weighted by Crippen LogP contribution is -2.71. The molecular weight excluding hydrogens is 269 g/mol. The first-order chi connectivity index (χ1) is 8.66. The number of halogens is 1. The van der Waals surface area contributed by atoms with Gasteiger partial charge >= 0.3 is 11.8 Å². The van der Waals surface area contributed by atoms with Gasteiger partial charge in [-0.15, -0.1) is 0 Å². The predicted octanol–water partition coefficient (Wildman–Crippen LogP) is -4.10. The van der Waals surface area contributed by atoms with Crippen LogP contribution in [-0.4, -0.2) is 85.6 Å². The maximum atomic E-state index is 13.6. The highest BCUT2D eigenvalue weighted by atomic mass is 19.1. The van der Waals surface area contributed by atoms with Gasteiger partial charge in [-0.25, -0.2) is 9.18 Å². The van der Waals surface area contributed by atoms with E-state index < -0.39 is 55.0 Å². The number of aliphatic carboxylic acids is 1. The number of ether oxygens (including phenoxy) is 1. The van der Waals surface area contributed by atoms with Crippen LogP contribution in [0, 0.1) is 0 Å². The molecule has 9 nitrogen and oxygen atoms in total. The molecule has 10 heteroatoms. The standard InChI is InChI=1S/C9H16FNO8/c10-7-5(15)3(11)6(4(14)2(13)1-12)19-9(7,18)8(16)17/h2-7,12-15,18H,1,11H2,(H,16,17)/t2-,3-,4-,5-,6-,7?,9-/m1/s1. The zero-order chi connectivity index (χ0) is 15.0. The molecule has 0 aliphatic carbocycles. The van der Waals surface area contributed by atoms with E-state index in [0.717, 1.165) is 0 Å². The molecule has 1 fully saturated rings. The lowest BCUT2D eigenvalue weighted by molar-refractivity contribution is -0.318. The number of carboxylic acid groups (broad SMARTS) is 1. The molecule has 1 unspecified atom stereocenters. The second-order valence-electron chi connectivity index (χ2n) is 4.29. The maximum Gasteiger partial charge on any atom is 0.367 e. The Balaban J connectivity index is 3.04. The predicted molar refractivity (Wildman–Crippen MR) is 55.4 cm³/mol. The van der Waals surface area contributed by atoms with E-state index in [9.17, 15) is 29.6 Å². The highest BCUT2D eigenvalue weighted by molar-refractivity contribution is 5.76. The van der Waals surface area contributed by atoms with Crippen LogP contribution < -0.4 is 5.73 Å². The third-order valence-corrected chi connectivity index (χ3v) is 2.99. The van der Waals surface area contributed by atoms with Crippen LogP contribution in [0.2, 0.25) is 0 Å². The fourth-order valence-corrected chi connectivity index (χ4v) is 1.76. The maximum absolute atomic E-state index is 13.6. The summed E-state index contributed by atoms with van der Waals surface area (Å²) in [4.78, 5) is 10.8. The average Bonchev–Trinajstić information content (AvgIpc) is 2.38. The van der Waals surface area contributed by atoms with Gasteiger partial charge in [-0.2, -0.15) is 0 Å². The lowest BCUT2D eigenvalue weighted by Gasteiger charge is -2.44. The van der Waals surface area contributed by atoms with Crippen molar-refractivity contribution in [1.82, 2.24) is 0 Å². The van der Waals surface area contributed by atoms with Gasteiger partial charge in [0, 0.05) is 0 Å². The number of hydrogen-bond acceptors (Lipinski definition) is 8. The quantitative estimate of drug-likeness (QED) is 0.271. The van der Waals surface area contributed by atoms with Crippen LogP contribution in [-0.2, 0) is 9.53 Å². The molecule has 1 heterocycles. The Hall–Kier alpha value is -0.880.